The largest absolute Gasteiger partial charge is 0.383 e. The number of halogens is 1. The number of rotatable bonds is 4. The van der Waals surface area contributed by atoms with E-state index in [-0.39, 0.29) is 0 Å². The Bertz CT molecular complexity index is 904. The lowest BCUT2D eigenvalue weighted by atomic mass is 10.1. The number of aryl methyl sites for hydroxylation is 1. The summed E-state index contributed by atoms with van der Waals surface area (Å²) in [6.07, 6.45) is 0.547. The molecule has 0 fully saturated rings. The smallest absolute Gasteiger partial charge is 0.140 e. The van der Waals surface area contributed by atoms with Gasteiger partial charge in [-0.05, 0) is 30.2 Å². The maximum absolute atomic E-state index is 9.44. The van der Waals surface area contributed by atoms with Gasteiger partial charge in [-0.3, -0.25) is 0 Å². The molecule has 0 saturated carbocycles. The van der Waals surface area contributed by atoms with Gasteiger partial charge in [0.05, 0.1) is 12.2 Å². The van der Waals surface area contributed by atoms with Crippen molar-refractivity contribution in [1.29, 1.82) is 5.26 Å². The van der Waals surface area contributed by atoms with Crippen LogP contribution >= 0.6 is 11.6 Å². The van der Waals surface area contributed by atoms with E-state index >= 15 is 0 Å². The summed E-state index contributed by atoms with van der Waals surface area (Å²) in [5, 5.41) is 14.7. The van der Waals surface area contributed by atoms with Crippen LogP contribution in [0.4, 0.5) is 5.82 Å². The van der Waals surface area contributed by atoms with Gasteiger partial charge in [0.15, 0.2) is 0 Å². The second-order valence-corrected chi connectivity index (χ2v) is 6.21. The summed E-state index contributed by atoms with van der Waals surface area (Å²) >= 11 is 5.91. The number of nitrogens with two attached hydrogens (primary N) is 1. The van der Waals surface area contributed by atoms with E-state index in [2.05, 4.69) is 17.2 Å². The van der Waals surface area contributed by atoms with Crippen LogP contribution in [0.1, 0.15) is 27.9 Å². The molecule has 24 heavy (non-hydrogen) atoms. The van der Waals surface area contributed by atoms with Crippen LogP contribution < -0.4 is 5.73 Å². The fraction of sp³-hybridized carbons (Fsp3) is 0.158. The van der Waals surface area contributed by atoms with Crippen molar-refractivity contribution in [2.45, 2.75) is 19.9 Å². The SMILES string of the molecule is Cc1cccc(Cn2nc(Cc3ccc(Cl)cc3)c(C#N)c2N)c1. The minimum absolute atomic E-state index is 0.406. The minimum Gasteiger partial charge on any atom is -0.383 e. The summed E-state index contributed by atoms with van der Waals surface area (Å²) in [6.45, 7) is 2.59. The van der Waals surface area contributed by atoms with Crippen molar-refractivity contribution in [3.05, 3.63) is 81.5 Å². The third kappa shape index (κ3) is 3.42. The molecule has 4 nitrogen and oxygen atoms in total. The molecule has 0 amide bonds. The summed E-state index contributed by atoms with van der Waals surface area (Å²) in [5.41, 5.74) is 10.6. The molecule has 5 heteroatoms. The predicted octanol–water partition coefficient (Wildman–Crippen LogP) is 3.94. The molecule has 0 aliphatic carbocycles. The van der Waals surface area contributed by atoms with Gasteiger partial charge in [0, 0.05) is 11.4 Å². The second-order valence-electron chi connectivity index (χ2n) is 5.77. The number of nitrogens with zero attached hydrogens (tertiary/aromatic N) is 3. The van der Waals surface area contributed by atoms with E-state index in [0.717, 1.165) is 11.1 Å². The molecule has 0 radical (unpaired) electrons. The van der Waals surface area contributed by atoms with E-state index in [0.29, 0.717) is 35.1 Å². The zero-order valence-corrected chi connectivity index (χ0v) is 14.1. The molecule has 0 aliphatic rings. The molecule has 0 aliphatic heterocycles. The van der Waals surface area contributed by atoms with Crippen molar-refractivity contribution >= 4 is 17.4 Å². The molecular formula is C19H17ClN4. The summed E-state index contributed by atoms with van der Waals surface area (Å²) in [7, 11) is 0. The van der Waals surface area contributed by atoms with E-state index in [1.807, 2.05) is 49.4 Å². The van der Waals surface area contributed by atoms with Gasteiger partial charge in [-0.25, -0.2) is 4.68 Å². The van der Waals surface area contributed by atoms with E-state index in [1.54, 1.807) is 4.68 Å². The zero-order chi connectivity index (χ0) is 17.1. The topological polar surface area (TPSA) is 67.6 Å². The van der Waals surface area contributed by atoms with Gasteiger partial charge >= 0.3 is 0 Å². The summed E-state index contributed by atoms with van der Waals surface area (Å²) in [4.78, 5) is 0. The van der Waals surface area contributed by atoms with Gasteiger partial charge in [0.2, 0.25) is 0 Å². The van der Waals surface area contributed by atoms with E-state index < -0.39 is 0 Å². The predicted molar refractivity (Wildman–Crippen MR) is 95.9 cm³/mol. The lowest BCUT2D eigenvalue weighted by Gasteiger charge is -2.05. The third-order valence-electron chi connectivity index (χ3n) is 3.88. The molecular weight excluding hydrogens is 320 g/mol. The van der Waals surface area contributed by atoms with E-state index in [9.17, 15) is 5.26 Å². The number of benzene rings is 2. The van der Waals surface area contributed by atoms with Crippen LogP contribution in [0.3, 0.4) is 0 Å². The number of hydrogen-bond donors (Lipinski definition) is 1. The van der Waals surface area contributed by atoms with Gasteiger partial charge in [0.25, 0.3) is 0 Å². The Morgan fingerprint density at radius 2 is 1.92 bits per heavy atom. The monoisotopic (exact) mass is 336 g/mol. The average molecular weight is 337 g/mol. The second kappa shape index (κ2) is 6.77. The number of anilines is 1. The van der Waals surface area contributed by atoms with Gasteiger partial charge in [0.1, 0.15) is 17.5 Å². The fourth-order valence-corrected chi connectivity index (χ4v) is 2.80. The molecule has 0 saturated heterocycles. The molecule has 0 bridgehead atoms. The highest BCUT2D eigenvalue weighted by Gasteiger charge is 2.16. The first-order valence-corrected chi connectivity index (χ1v) is 8.00. The van der Waals surface area contributed by atoms with Gasteiger partial charge in [-0.1, -0.05) is 53.6 Å². The van der Waals surface area contributed by atoms with Crippen molar-refractivity contribution in [1.82, 2.24) is 9.78 Å². The van der Waals surface area contributed by atoms with Gasteiger partial charge in [-0.2, -0.15) is 10.4 Å². The maximum Gasteiger partial charge on any atom is 0.140 e. The first-order chi connectivity index (χ1) is 11.6. The standard InChI is InChI=1S/C19H17ClN4/c1-13-3-2-4-15(9-13)12-24-19(22)17(11-21)18(23-24)10-14-5-7-16(20)8-6-14/h2-9H,10,12,22H2,1H3. The molecule has 1 heterocycles. The van der Waals surface area contributed by atoms with Crippen molar-refractivity contribution in [3.63, 3.8) is 0 Å². The van der Waals surface area contributed by atoms with Crippen LogP contribution in [0.5, 0.6) is 0 Å². The van der Waals surface area contributed by atoms with Gasteiger partial charge in [-0.15, -0.1) is 0 Å². The molecule has 0 unspecified atom stereocenters. The van der Waals surface area contributed by atoms with Crippen molar-refractivity contribution < 1.29 is 0 Å². The zero-order valence-electron chi connectivity index (χ0n) is 13.3. The van der Waals surface area contributed by atoms with Crippen LogP contribution in [0.2, 0.25) is 5.02 Å². The number of hydrogen-bond acceptors (Lipinski definition) is 3. The van der Waals surface area contributed by atoms with E-state index in [1.165, 1.54) is 5.56 Å². The number of nitriles is 1. The van der Waals surface area contributed by atoms with Crippen LogP contribution in [0.15, 0.2) is 48.5 Å². The molecule has 120 valence electrons. The Hall–Kier alpha value is -2.77. The highest BCUT2D eigenvalue weighted by Crippen LogP contribution is 2.21. The Morgan fingerprint density at radius 1 is 1.17 bits per heavy atom. The number of nitrogen functional groups attached to an aromatic ring is 1. The highest BCUT2D eigenvalue weighted by molar-refractivity contribution is 6.30. The molecule has 0 atom stereocenters. The average Bonchev–Trinajstić information content (AvgIpc) is 2.84. The van der Waals surface area contributed by atoms with Crippen LogP contribution in [-0.4, -0.2) is 9.78 Å². The maximum atomic E-state index is 9.44. The van der Waals surface area contributed by atoms with Crippen LogP contribution in [0.25, 0.3) is 0 Å². The molecule has 1 aromatic heterocycles. The van der Waals surface area contributed by atoms with E-state index in [4.69, 9.17) is 17.3 Å². The van der Waals surface area contributed by atoms with Crippen LogP contribution in [0, 0.1) is 18.3 Å². The Balaban J connectivity index is 1.91. The minimum atomic E-state index is 0.406. The third-order valence-corrected chi connectivity index (χ3v) is 4.13. The van der Waals surface area contributed by atoms with Crippen molar-refractivity contribution in [3.8, 4) is 6.07 Å². The lowest BCUT2D eigenvalue weighted by Crippen LogP contribution is -2.06. The first-order valence-electron chi connectivity index (χ1n) is 7.62. The molecule has 2 aromatic carbocycles. The van der Waals surface area contributed by atoms with Crippen molar-refractivity contribution in [2.75, 3.05) is 5.73 Å². The molecule has 3 aromatic rings. The fourth-order valence-electron chi connectivity index (χ4n) is 2.67. The normalized spacial score (nSPS) is 10.5. The highest BCUT2D eigenvalue weighted by atomic mass is 35.5. The van der Waals surface area contributed by atoms with Crippen molar-refractivity contribution in [2.24, 2.45) is 0 Å². The summed E-state index contributed by atoms with van der Waals surface area (Å²) < 4.78 is 1.69. The lowest BCUT2D eigenvalue weighted by molar-refractivity contribution is 0.684. The Morgan fingerprint density at radius 3 is 2.58 bits per heavy atom. The molecule has 0 spiro atoms. The summed E-state index contributed by atoms with van der Waals surface area (Å²) in [5.74, 6) is 0.406. The number of aromatic nitrogens is 2. The summed E-state index contributed by atoms with van der Waals surface area (Å²) in [6, 6.07) is 17.9. The van der Waals surface area contributed by atoms with Crippen LogP contribution in [-0.2, 0) is 13.0 Å². The van der Waals surface area contributed by atoms with Gasteiger partial charge < -0.3 is 5.73 Å². The molecule has 2 N–H and O–H groups in total. The Kier molecular flexibility index (Phi) is 4.54. The first kappa shape index (κ1) is 16.1. The molecule has 3 rings (SSSR count). The Labute approximate surface area is 146 Å². The quantitative estimate of drug-likeness (QED) is 0.784.